The summed E-state index contributed by atoms with van der Waals surface area (Å²) in [6.07, 6.45) is 2.09. The molecule has 20 heavy (non-hydrogen) atoms. The van der Waals surface area contributed by atoms with E-state index in [1.54, 1.807) is 6.92 Å². The lowest BCUT2D eigenvalue weighted by Crippen LogP contribution is -2.01. The van der Waals surface area contributed by atoms with Crippen molar-refractivity contribution in [2.45, 2.75) is 45.8 Å². The van der Waals surface area contributed by atoms with Gasteiger partial charge >= 0.3 is 0 Å². The number of aliphatic hydroxyl groups excluding tert-OH is 1. The van der Waals surface area contributed by atoms with Crippen LogP contribution in [0.15, 0.2) is 28.8 Å². The van der Waals surface area contributed by atoms with Gasteiger partial charge in [0.05, 0.1) is 6.10 Å². The summed E-state index contributed by atoms with van der Waals surface area (Å²) in [4.78, 5) is 4.18. The maximum absolute atomic E-state index is 9.25. The normalized spacial score (nSPS) is 12.3. The molecule has 0 aliphatic rings. The Hall–Kier alpha value is -1.88. The van der Waals surface area contributed by atoms with Gasteiger partial charge in [0.2, 0.25) is 11.7 Å². The second kappa shape index (κ2) is 7.05. The molecule has 0 saturated heterocycles. The van der Waals surface area contributed by atoms with E-state index >= 15 is 0 Å². The topological polar surface area (TPSA) is 68.4 Å². The third kappa shape index (κ3) is 4.35. The van der Waals surface area contributed by atoms with Gasteiger partial charge in [0.1, 0.15) is 5.75 Å². The van der Waals surface area contributed by atoms with Crippen molar-refractivity contribution in [2.75, 3.05) is 0 Å². The minimum Gasteiger partial charge on any atom is -0.485 e. The number of hydrogen-bond acceptors (Lipinski definition) is 5. The van der Waals surface area contributed by atoms with Gasteiger partial charge in [-0.15, -0.1) is 0 Å². The lowest BCUT2D eigenvalue weighted by atomic mass is 10.1. The number of rotatable bonds is 7. The molecule has 1 unspecified atom stereocenters. The maximum atomic E-state index is 9.25. The quantitative estimate of drug-likeness (QED) is 0.841. The molecule has 1 N–H and O–H groups in total. The molecule has 108 valence electrons. The van der Waals surface area contributed by atoms with E-state index in [2.05, 4.69) is 10.1 Å². The predicted molar refractivity (Wildman–Crippen MR) is 74.5 cm³/mol. The van der Waals surface area contributed by atoms with Gasteiger partial charge < -0.3 is 14.4 Å². The van der Waals surface area contributed by atoms with Crippen LogP contribution in [-0.4, -0.2) is 21.4 Å². The van der Waals surface area contributed by atoms with Crippen molar-refractivity contribution in [3.63, 3.8) is 0 Å². The van der Waals surface area contributed by atoms with Crippen molar-refractivity contribution in [1.29, 1.82) is 0 Å². The van der Waals surface area contributed by atoms with Crippen LogP contribution < -0.4 is 4.74 Å². The molecule has 0 aliphatic heterocycles. The third-order valence-electron chi connectivity index (χ3n) is 2.95. The molecule has 1 atom stereocenters. The van der Waals surface area contributed by atoms with Crippen LogP contribution in [-0.2, 0) is 19.4 Å². The Balaban J connectivity index is 1.84. The fraction of sp³-hybridized carbons (Fsp3) is 0.467. The molecule has 0 spiro atoms. The monoisotopic (exact) mass is 276 g/mol. The van der Waals surface area contributed by atoms with Crippen molar-refractivity contribution in [3.8, 4) is 5.75 Å². The largest absolute Gasteiger partial charge is 0.485 e. The highest BCUT2D eigenvalue weighted by Gasteiger charge is 2.05. The Morgan fingerprint density at radius 1 is 1.30 bits per heavy atom. The van der Waals surface area contributed by atoms with E-state index in [1.165, 1.54) is 5.56 Å². The molecule has 1 aromatic carbocycles. The number of benzene rings is 1. The molecule has 5 nitrogen and oxygen atoms in total. The summed E-state index contributed by atoms with van der Waals surface area (Å²) < 4.78 is 10.6. The van der Waals surface area contributed by atoms with E-state index < -0.39 is 0 Å². The Labute approximate surface area is 118 Å². The third-order valence-corrected chi connectivity index (χ3v) is 2.95. The van der Waals surface area contributed by atoms with Crippen LogP contribution in [0.1, 0.15) is 37.5 Å². The van der Waals surface area contributed by atoms with Crippen LogP contribution in [0.5, 0.6) is 5.75 Å². The van der Waals surface area contributed by atoms with Crippen LogP contribution in [0.25, 0.3) is 0 Å². The number of hydrogen-bond donors (Lipinski definition) is 1. The lowest BCUT2D eigenvalue weighted by molar-refractivity contribution is 0.185. The SMILES string of the molecule is CCc1nc(COc2ccc(CCC(C)O)cc2)no1. The van der Waals surface area contributed by atoms with Gasteiger partial charge in [-0.2, -0.15) is 4.98 Å². The molecular weight excluding hydrogens is 256 g/mol. The van der Waals surface area contributed by atoms with Gasteiger partial charge in [0.25, 0.3) is 0 Å². The Morgan fingerprint density at radius 3 is 2.65 bits per heavy atom. The second-order valence-corrected chi connectivity index (χ2v) is 4.78. The van der Waals surface area contributed by atoms with Gasteiger partial charge in [-0.25, -0.2) is 0 Å². The number of aromatic nitrogens is 2. The lowest BCUT2D eigenvalue weighted by Gasteiger charge is -2.06. The average Bonchev–Trinajstić information content (AvgIpc) is 2.92. The first-order chi connectivity index (χ1) is 9.67. The predicted octanol–water partition coefficient (Wildman–Crippen LogP) is 2.52. The van der Waals surface area contributed by atoms with Gasteiger partial charge in [0, 0.05) is 6.42 Å². The average molecular weight is 276 g/mol. The molecule has 0 saturated carbocycles. The van der Waals surface area contributed by atoms with E-state index in [9.17, 15) is 5.11 Å². The molecule has 0 aliphatic carbocycles. The standard InChI is InChI=1S/C15H20N2O3/c1-3-15-16-14(17-20-15)10-19-13-8-6-12(7-9-13)5-4-11(2)18/h6-9,11,18H,3-5,10H2,1-2H3. The minimum atomic E-state index is -0.267. The molecule has 2 aromatic rings. The summed E-state index contributed by atoms with van der Waals surface area (Å²) >= 11 is 0. The van der Waals surface area contributed by atoms with Crippen molar-refractivity contribution in [1.82, 2.24) is 10.1 Å². The molecule has 0 radical (unpaired) electrons. The van der Waals surface area contributed by atoms with Crippen molar-refractivity contribution in [3.05, 3.63) is 41.5 Å². The highest BCUT2D eigenvalue weighted by molar-refractivity contribution is 5.27. The van der Waals surface area contributed by atoms with E-state index in [0.717, 1.165) is 25.0 Å². The number of aliphatic hydroxyl groups is 1. The number of nitrogens with zero attached hydrogens (tertiary/aromatic N) is 2. The summed E-state index contributed by atoms with van der Waals surface area (Å²) in [7, 11) is 0. The number of aryl methyl sites for hydroxylation is 2. The summed E-state index contributed by atoms with van der Waals surface area (Å²) in [6.45, 7) is 4.06. The number of ether oxygens (including phenoxy) is 1. The molecule has 0 bridgehead atoms. The van der Waals surface area contributed by atoms with E-state index in [0.29, 0.717) is 18.3 Å². The zero-order valence-corrected chi connectivity index (χ0v) is 11.9. The molecule has 0 amide bonds. The van der Waals surface area contributed by atoms with Gasteiger partial charge in [-0.3, -0.25) is 0 Å². The van der Waals surface area contributed by atoms with Gasteiger partial charge in [-0.1, -0.05) is 24.2 Å². The first kappa shape index (κ1) is 14.5. The Bertz CT molecular complexity index is 520. The summed E-state index contributed by atoms with van der Waals surface area (Å²) in [5.74, 6) is 1.95. The minimum absolute atomic E-state index is 0.267. The highest BCUT2D eigenvalue weighted by Crippen LogP contribution is 2.15. The second-order valence-electron chi connectivity index (χ2n) is 4.78. The van der Waals surface area contributed by atoms with Crippen LogP contribution in [0.3, 0.4) is 0 Å². The molecule has 5 heteroatoms. The van der Waals surface area contributed by atoms with E-state index in [-0.39, 0.29) is 6.10 Å². The van der Waals surface area contributed by atoms with Crippen LogP contribution in [0.4, 0.5) is 0 Å². The smallest absolute Gasteiger partial charge is 0.226 e. The van der Waals surface area contributed by atoms with Gasteiger partial charge in [0.15, 0.2) is 6.61 Å². The van der Waals surface area contributed by atoms with E-state index in [4.69, 9.17) is 9.26 Å². The first-order valence-corrected chi connectivity index (χ1v) is 6.88. The molecule has 2 rings (SSSR count). The van der Waals surface area contributed by atoms with E-state index in [1.807, 2.05) is 31.2 Å². The maximum Gasteiger partial charge on any atom is 0.226 e. The Kier molecular flexibility index (Phi) is 5.12. The van der Waals surface area contributed by atoms with Crippen molar-refractivity contribution < 1.29 is 14.4 Å². The molecule has 0 fully saturated rings. The fourth-order valence-corrected chi connectivity index (χ4v) is 1.77. The molecule has 1 aromatic heterocycles. The fourth-order valence-electron chi connectivity index (χ4n) is 1.77. The first-order valence-electron chi connectivity index (χ1n) is 6.88. The summed E-state index contributed by atoms with van der Waals surface area (Å²) in [5.41, 5.74) is 1.19. The van der Waals surface area contributed by atoms with Crippen LogP contribution in [0, 0.1) is 0 Å². The Morgan fingerprint density at radius 2 is 2.05 bits per heavy atom. The zero-order chi connectivity index (χ0) is 14.4. The molecular formula is C15H20N2O3. The summed E-state index contributed by atoms with van der Waals surface area (Å²) in [5, 5.41) is 13.1. The highest BCUT2D eigenvalue weighted by atomic mass is 16.5. The summed E-state index contributed by atoms with van der Waals surface area (Å²) in [6, 6.07) is 7.84. The molecule has 1 heterocycles. The zero-order valence-electron chi connectivity index (χ0n) is 11.9. The van der Waals surface area contributed by atoms with Crippen LogP contribution in [0.2, 0.25) is 0 Å². The van der Waals surface area contributed by atoms with Crippen LogP contribution >= 0.6 is 0 Å². The van der Waals surface area contributed by atoms with Gasteiger partial charge in [-0.05, 0) is 37.5 Å². The van der Waals surface area contributed by atoms with Crippen molar-refractivity contribution >= 4 is 0 Å². The van der Waals surface area contributed by atoms with Crippen molar-refractivity contribution in [2.24, 2.45) is 0 Å².